The molecule has 1 saturated heterocycles. The van der Waals surface area contributed by atoms with Crippen LogP contribution in [0.3, 0.4) is 0 Å². The Bertz CT molecular complexity index is 362. The maximum atomic E-state index is 5.56. The molecule has 0 radical (unpaired) electrons. The van der Waals surface area contributed by atoms with Crippen molar-refractivity contribution in [1.29, 1.82) is 0 Å². The first-order valence-electron chi connectivity index (χ1n) is 4.48. The van der Waals surface area contributed by atoms with Crippen LogP contribution in [0, 0.1) is 0 Å². The number of rotatable bonds is 2. The summed E-state index contributed by atoms with van der Waals surface area (Å²) in [5.41, 5.74) is 6.24. The summed E-state index contributed by atoms with van der Waals surface area (Å²) in [7, 11) is 0. The second kappa shape index (κ2) is 4.88. The van der Waals surface area contributed by atoms with Crippen molar-refractivity contribution in [3.8, 4) is 0 Å². The van der Waals surface area contributed by atoms with Crippen LogP contribution in [0.4, 0.5) is 0 Å². The average molecular weight is 338 g/mol. The highest BCUT2D eigenvalue weighted by Gasteiger charge is 2.28. The van der Waals surface area contributed by atoms with Crippen LogP contribution >= 0.6 is 31.9 Å². The zero-order valence-electron chi connectivity index (χ0n) is 7.82. The number of hydrogen-bond donors (Lipinski definition) is 1. The number of aromatic nitrogens is 1. The van der Waals surface area contributed by atoms with Crippen molar-refractivity contribution in [3.63, 3.8) is 0 Å². The first kappa shape index (κ1) is 11.5. The highest BCUT2D eigenvalue weighted by Crippen LogP contribution is 2.31. The van der Waals surface area contributed by atoms with Crippen molar-refractivity contribution >= 4 is 31.9 Å². The molecule has 0 aliphatic carbocycles. The highest BCUT2D eigenvalue weighted by molar-refractivity contribution is 9.11. The Hall–Kier alpha value is -0.0100. The van der Waals surface area contributed by atoms with Gasteiger partial charge in [-0.3, -0.25) is 4.98 Å². The lowest BCUT2D eigenvalue weighted by Gasteiger charge is -2.11. The molecule has 2 heterocycles. The molecule has 15 heavy (non-hydrogen) atoms. The molecule has 2 atom stereocenters. The topological polar surface area (TPSA) is 57.4 Å². The molecule has 1 aliphatic heterocycles. The predicted molar refractivity (Wildman–Crippen MR) is 62.3 cm³/mol. The second-order valence-electron chi connectivity index (χ2n) is 3.18. The summed E-state index contributed by atoms with van der Waals surface area (Å²) in [4.78, 5) is 4.24. The Morgan fingerprint density at radius 3 is 2.93 bits per heavy atom. The van der Waals surface area contributed by atoms with Crippen molar-refractivity contribution < 1.29 is 9.47 Å². The van der Waals surface area contributed by atoms with E-state index >= 15 is 0 Å². The van der Waals surface area contributed by atoms with Crippen LogP contribution in [0.25, 0.3) is 0 Å². The van der Waals surface area contributed by atoms with Gasteiger partial charge in [-0.25, -0.2) is 0 Å². The van der Waals surface area contributed by atoms with Gasteiger partial charge < -0.3 is 15.2 Å². The third-order valence-electron chi connectivity index (χ3n) is 2.07. The van der Waals surface area contributed by atoms with E-state index in [1.807, 2.05) is 6.07 Å². The molecule has 1 aliphatic rings. The summed E-state index contributed by atoms with van der Waals surface area (Å²) in [5.74, 6) is 0. The Morgan fingerprint density at radius 2 is 2.33 bits per heavy atom. The minimum absolute atomic E-state index is 0.0349. The lowest BCUT2D eigenvalue weighted by atomic mass is 10.3. The van der Waals surface area contributed by atoms with Crippen molar-refractivity contribution in [3.05, 3.63) is 26.9 Å². The molecule has 1 aromatic heterocycles. The monoisotopic (exact) mass is 336 g/mol. The van der Waals surface area contributed by atoms with E-state index in [4.69, 9.17) is 15.2 Å². The smallest absolute Gasteiger partial charge is 0.202 e. The molecule has 0 bridgehead atoms. The maximum absolute atomic E-state index is 5.56. The molecule has 2 N–H and O–H groups in total. The molecule has 1 aromatic rings. The largest absolute Gasteiger partial charge is 0.344 e. The standard InChI is InChI=1S/C9H10Br2N2O2/c10-5-1-7(11)8(13-3-5)9-14-4-6(2-12)15-9/h1,3,6,9H,2,4,12H2. The molecule has 4 nitrogen and oxygen atoms in total. The zero-order valence-corrected chi connectivity index (χ0v) is 11.0. The van der Waals surface area contributed by atoms with Gasteiger partial charge in [0, 0.05) is 21.7 Å². The highest BCUT2D eigenvalue weighted by atomic mass is 79.9. The summed E-state index contributed by atoms with van der Waals surface area (Å²) < 4.78 is 12.8. The number of nitrogens with zero attached hydrogens (tertiary/aromatic N) is 1. The SMILES string of the molecule is NCC1COC(c2ncc(Br)cc2Br)O1. The molecule has 82 valence electrons. The molecule has 6 heteroatoms. The van der Waals surface area contributed by atoms with Crippen LogP contribution in [0.2, 0.25) is 0 Å². The summed E-state index contributed by atoms with van der Waals surface area (Å²) in [6.45, 7) is 0.982. The second-order valence-corrected chi connectivity index (χ2v) is 4.95. The Morgan fingerprint density at radius 1 is 1.53 bits per heavy atom. The van der Waals surface area contributed by atoms with Crippen LogP contribution in [-0.2, 0) is 9.47 Å². The molecule has 2 rings (SSSR count). The fourth-order valence-corrected chi connectivity index (χ4v) is 2.49. The summed E-state index contributed by atoms with van der Waals surface area (Å²) in [6, 6.07) is 1.91. The van der Waals surface area contributed by atoms with Gasteiger partial charge in [-0.2, -0.15) is 0 Å². The molecule has 1 fully saturated rings. The summed E-state index contributed by atoms with van der Waals surface area (Å²) in [5, 5.41) is 0. The van der Waals surface area contributed by atoms with Crippen molar-refractivity contribution in [2.24, 2.45) is 5.73 Å². The van der Waals surface area contributed by atoms with E-state index in [-0.39, 0.29) is 6.10 Å². The molecule has 0 saturated carbocycles. The quantitative estimate of drug-likeness (QED) is 0.896. The third kappa shape index (κ3) is 2.57. The molecular formula is C9H10Br2N2O2. The van der Waals surface area contributed by atoms with Gasteiger partial charge in [0.05, 0.1) is 12.7 Å². The van der Waals surface area contributed by atoms with Crippen LogP contribution in [0.15, 0.2) is 21.2 Å². The van der Waals surface area contributed by atoms with Crippen molar-refractivity contribution in [2.75, 3.05) is 13.2 Å². The fraction of sp³-hybridized carbons (Fsp3) is 0.444. The molecule has 0 amide bonds. The van der Waals surface area contributed by atoms with Crippen molar-refractivity contribution in [2.45, 2.75) is 12.4 Å². The van der Waals surface area contributed by atoms with Gasteiger partial charge >= 0.3 is 0 Å². The zero-order chi connectivity index (χ0) is 10.8. The van der Waals surface area contributed by atoms with Crippen LogP contribution < -0.4 is 5.73 Å². The first-order chi connectivity index (χ1) is 7.20. The summed E-state index contributed by atoms with van der Waals surface area (Å²) >= 11 is 6.75. The van der Waals surface area contributed by atoms with Gasteiger partial charge in [0.15, 0.2) is 0 Å². The van der Waals surface area contributed by atoms with E-state index in [2.05, 4.69) is 36.8 Å². The number of ether oxygens (including phenoxy) is 2. The van der Waals surface area contributed by atoms with Gasteiger partial charge in [-0.05, 0) is 37.9 Å². The van der Waals surface area contributed by atoms with E-state index in [1.54, 1.807) is 6.20 Å². The predicted octanol–water partition coefficient (Wildman–Crippen LogP) is 1.98. The minimum atomic E-state index is -0.416. The molecule has 0 aromatic carbocycles. The lowest BCUT2D eigenvalue weighted by Crippen LogP contribution is -2.21. The van der Waals surface area contributed by atoms with Gasteiger partial charge in [-0.15, -0.1) is 0 Å². The number of hydrogen-bond acceptors (Lipinski definition) is 4. The molecular weight excluding hydrogens is 328 g/mol. The van der Waals surface area contributed by atoms with Crippen LogP contribution in [-0.4, -0.2) is 24.2 Å². The maximum Gasteiger partial charge on any atom is 0.202 e. The number of halogens is 2. The van der Waals surface area contributed by atoms with E-state index < -0.39 is 6.29 Å². The van der Waals surface area contributed by atoms with E-state index in [0.29, 0.717) is 13.2 Å². The van der Waals surface area contributed by atoms with Gasteiger partial charge in [0.2, 0.25) is 6.29 Å². The Balaban J connectivity index is 2.17. The molecule has 0 spiro atoms. The first-order valence-corrected chi connectivity index (χ1v) is 6.07. The normalized spacial score (nSPS) is 25.8. The minimum Gasteiger partial charge on any atom is -0.344 e. The Labute approximate surface area is 104 Å². The van der Waals surface area contributed by atoms with E-state index in [9.17, 15) is 0 Å². The van der Waals surface area contributed by atoms with Gasteiger partial charge in [0.1, 0.15) is 5.69 Å². The third-order valence-corrected chi connectivity index (χ3v) is 3.14. The molecule has 2 unspecified atom stereocenters. The summed E-state index contributed by atoms with van der Waals surface area (Å²) in [6.07, 6.45) is 1.26. The van der Waals surface area contributed by atoms with Crippen LogP contribution in [0.1, 0.15) is 12.0 Å². The fourth-order valence-electron chi connectivity index (χ4n) is 1.31. The lowest BCUT2D eigenvalue weighted by molar-refractivity contribution is -0.0620. The van der Waals surface area contributed by atoms with Gasteiger partial charge in [-0.1, -0.05) is 0 Å². The average Bonchev–Trinajstić information content (AvgIpc) is 2.66. The number of nitrogens with two attached hydrogens (primary N) is 1. The van der Waals surface area contributed by atoms with Crippen LogP contribution in [0.5, 0.6) is 0 Å². The van der Waals surface area contributed by atoms with E-state index in [0.717, 1.165) is 14.6 Å². The van der Waals surface area contributed by atoms with Gasteiger partial charge in [0.25, 0.3) is 0 Å². The Kier molecular flexibility index (Phi) is 3.73. The van der Waals surface area contributed by atoms with E-state index in [1.165, 1.54) is 0 Å². The number of pyridine rings is 1. The van der Waals surface area contributed by atoms with Crippen molar-refractivity contribution in [1.82, 2.24) is 4.98 Å².